The lowest BCUT2D eigenvalue weighted by atomic mass is 9.52. The molecule has 0 bridgehead atoms. The highest BCUT2D eigenvalue weighted by molar-refractivity contribution is 5.40. The lowest BCUT2D eigenvalue weighted by Crippen LogP contribution is -2.48. The van der Waals surface area contributed by atoms with Crippen LogP contribution >= 0.6 is 0 Å². The van der Waals surface area contributed by atoms with Crippen LogP contribution in [0.4, 0.5) is 0 Å². The molecule has 0 aromatic heterocycles. The van der Waals surface area contributed by atoms with E-state index in [2.05, 4.69) is 44.4 Å². The lowest BCUT2D eigenvalue weighted by Gasteiger charge is -2.53. The molecular weight excluding hydrogens is 308 g/mol. The van der Waals surface area contributed by atoms with E-state index >= 15 is 0 Å². The monoisotopic (exact) mass is 340 g/mol. The summed E-state index contributed by atoms with van der Waals surface area (Å²) in [6, 6.07) is 6.59. The molecule has 136 valence electrons. The van der Waals surface area contributed by atoms with E-state index in [9.17, 15) is 5.11 Å². The Kier molecular flexibility index (Phi) is 5.38. The van der Waals surface area contributed by atoms with Crippen LogP contribution in [-0.2, 0) is 6.42 Å². The number of benzene rings is 1. The van der Waals surface area contributed by atoms with E-state index in [0.29, 0.717) is 24.2 Å². The van der Waals surface area contributed by atoms with Gasteiger partial charge in [0.2, 0.25) is 0 Å². The molecule has 5 atom stereocenters. The molecule has 25 heavy (non-hydrogen) atoms. The van der Waals surface area contributed by atoms with E-state index in [1.165, 1.54) is 17.5 Å². The first-order chi connectivity index (χ1) is 12.0. The third kappa shape index (κ3) is 3.17. The van der Waals surface area contributed by atoms with Crippen LogP contribution in [0.1, 0.15) is 56.1 Å². The summed E-state index contributed by atoms with van der Waals surface area (Å²) in [6.45, 7) is 10.1. The minimum absolute atomic E-state index is 0.0481. The van der Waals surface area contributed by atoms with Crippen LogP contribution in [0, 0.1) is 17.3 Å². The zero-order valence-corrected chi connectivity index (χ0v) is 15.7. The van der Waals surface area contributed by atoms with Gasteiger partial charge in [0, 0.05) is 0 Å². The summed E-state index contributed by atoms with van der Waals surface area (Å²) in [5.74, 6) is 2.66. The van der Waals surface area contributed by atoms with Crippen molar-refractivity contribution in [3.8, 4) is 5.75 Å². The molecule has 2 aliphatic carbocycles. The van der Waals surface area contributed by atoms with E-state index in [0.717, 1.165) is 31.4 Å². The Morgan fingerprint density at radius 2 is 2.12 bits per heavy atom. The van der Waals surface area contributed by atoms with Crippen LogP contribution in [-0.4, -0.2) is 18.3 Å². The van der Waals surface area contributed by atoms with Crippen LogP contribution in [0.15, 0.2) is 43.5 Å². The molecule has 2 nitrogen and oxygen atoms in total. The van der Waals surface area contributed by atoms with Gasteiger partial charge in [-0.1, -0.05) is 25.1 Å². The van der Waals surface area contributed by atoms with Crippen LogP contribution < -0.4 is 4.74 Å². The zero-order chi connectivity index (χ0) is 18.0. The number of fused-ring (bicyclic) bond motifs is 3. The molecule has 2 heteroatoms. The fraction of sp³-hybridized carbons (Fsp3) is 0.565. The van der Waals surface area contributed by atoms with Gasteiger partial charge in [-0.05, 0) is 85.0 Å². The molecule has 2 aliphatic rings. The van der Waals surface area contributed by atoms with Crippen molar-refractivity contribution in [2.45, 2.75) is 57.5 Å². The maximum atomic E-state index is 10.9. The first-order valence-electron chi connectivity index (χ1n) is 9.61. The second kappa shape index (κ2) is 7.37. The van der Waals surface area contributed by atoms with Crippen LogP contribution in [0.25, 0.3) is 0 Å². The van der Waals surface area contributed by atoms with E-state index < -0.39 is 0 Å². The summed E-state index contributed by atoms with van der Waals surface area (Å²) in [7, 11) is 1.74. The number of aryl methyl sites for hydroxylation is 1. The maximum absolute atomic E-state index is 10.9. The first kappa shape index (κ1) is 18.3. The average molecular weight is 341 g/mol. The molecule has 0 spiro atoms. The highest BCUT2D eigenvalue weighted by atomic mass is 16.5. The van der Waals surface area contributed by atoms with Gasteiger partial charge in [0.1, 0.15) is 5.75 Å². The van der Waals surface area contributed by atoms with Crippen molar-refractivity contribution in [1.82, 2.24) is 0 Å². The van der Waals surface area contributed by atoms with Gasteiger partial charge < -0.3 is 9.84 Å². The summed E-state index contributed by atoms with van der Waals surface area (Å²) in [4.78, 5) is 0. The molecule has 1 aromatic rings. The van der Waals surface area contributed by atoms with E-state index in [1.807, 2.05) is 6.08 Å². The lowest BCUT2D eigenvalue weighted by molar-refractivity contribution is -0.0656. The Hall–Kier alpha value is -1.54. The van der Waals surface area contributed by atoms with Gasteiger partial charge in [-0.2, -0.15) is 0 Å². The standard InChI is InChI=1S/C23H32O2/c1-5-7-21-20-11-9-16-15-17(25-4)10-12-18(16)19(20)13-14-23(21,3)22(24)8-6-2/h5-6,10,12,15,19-22,24H,1-2,7-9,11,13-14H2,3-4H3/t19-,20-,21+,22+,23+/m1/s1. The number of aliphatic hydroxyl groups excluding tert-OH is 1. The summed E-state index contributed by atoms with van der Waals surface area (Å²) < 4.78 is 5.41. The summed E-state index contributed by atoms with van der Waals surface area (Å²) in [6.07, 6.45) is 9.77. The minimum Gasteiger partial charge on any atom is -0.497 e. The summed E-state index contributed by atoms with van der Waals surface area (Å²) in [5, 5.41) is 10.9. The topological polar surface area (TPSA) is 29.5 Å². The van der Waals surface area contributed by atoms with Crippen LogP contribution in [0.3, 0.4) is 0 Å². The molecule has 0 heterocycles. The van der Waals surface area contributed by atoms with Gasteiger partial charge >= 0.3 is 0 Å². The number of allylic oxidation sites excluding steroid dienone is 1. The van der Waals surface area contributed by atoms with Crippen molar-refractivity contribution in [2.24, 2.45) is 17.3 Å². The summed E-state index contributed by atoms with van der Waals surface area (Å²) >= 11 is 0. The Morgan fingerprint density at radius 1 is 1.32 bits per heavy atom. The van der Waals surface area contributed by atoms with Gasteiger partial charge in [-0.3, -0.25) is 0 Å². The predicted molar refractivity (Wildman–Crippen MR) is 104 cm³/mol. The van der Waals surface area contributed by atoms with Gasteiger partial charge in [0.25, 0.3) is 0 Å². The van der Waals surface area contributed by atoms with Crippen molar-refractivity contribution in [3.05, 3.63) is 54.6 Å². The molecule has 1 saturated carbocycles. The number of rotatable bonds is 6. The molecule has 1 N–H and O–H groups in total. The van der Waals surface area contributed by atoms with Gasteiger partial charge in [0.05, 0.1) is 13.2 Å². The molecule has 0 aliphatic heterocycles. The number of hydrogen-bond acceptors (Lipinski definition) is 2. The fourth-order valence-electron chi connectivity index (χ4n) is 5.50. The quantitative estimate of drug-likeness (QED) is 0.715. The van der Waals surface area contributed by atoms with Crippen molar-refractivity contribution in [1.29, 1.82) is 0 Å². The van der Waals surface area contributed by atoms with E-state index in [-0.39, 0.29) is 11.5 Å². The second-order valence-corrected chi connectivity index (χ2v) is 8.09. The van der Waals surface area contributed by atoms with Crippen molar-refractivity contribution >= 4 is 0 Å². The van der Waals surface area contributed by atoms with Crippen molar-refractivity contribution in [3.63, 3.8) is 0 Å². The van der Waals surface area contributed by atoms with Gasteiger partial charge in [0.15, 0.2) is 0 Å². The molecular formula is C23H32O2. The molecule has 0 saturated heterocycles. The third-order valence-corrected chi connectivity index (χ3v) is 6.94. The van der Waals surface area contributed by atoms with E-state index in [1.54, 1.807) is 7.11 Å². The Labute approximate surface area is 152 Å². The van der Waals surface area contributed by atoms with Crippen LogP contribution in [0.2, 0.25) is 0 Å². The highest BCUT2D eigenvalue weighted by Gasteiger charge is 2.50. The highest BCUT2D eigenvalue weighted by Crippen LogP contribution is 2.57. The minimum atomic E-state index is -0.312. The fourth-order valence-corrected chi connectivity index (χ4v) is 5.50. The first-order valence-corrected chi connectivity index (χ1v) is 9.61. The molecule has 3 rings (SSSR count). The van der Waals surface area contributed by atoms with Gasteiger partial charge in [-0.25, -0.2) is 0 Å². The molecule has 0 unspecified atom stereocenters. The van der Waals surface area contributed by atoms with Crippen LogP contribution in [0.5, 0.6) is 5.75 Å². The number of hydrogen-bond donors (Lipinski definition) is 1. The number of ether oxygens (including phenoxy) is 1. The predicted octanol–water partition coefficient (Wildman–Crippen LogP) is 5.27. The number of aliphatic hydroxyl groups is 1. The molecule has 0 radical (unpaired) electrons. The maximum Gasteiger partial charge on any atom is 0.119 e. The second-order valence-electron chi connectivity index (χ2n) is 8.09. The number of methoxy groups -OCH3 is 1. The van der Waals surface area contributed by atoms with Gasteiger partial charge in [-0.15, -0.1) is 13.2 Å². The Balaban J connectivity index is 1.93. The smallest absolute Gasteiger partial charge is 0.119 e. The van der Waals surface area contributed by atoms with E-state index in [4.69, 9.17) is 4.74 Å². The molecule has 1 fully saturated rings. The van der Waals surface area contributed by atoms with Crippen molar-refractivity contribution in [2.75, 3.05) is 7.11 Å². The third-order valence-electron chi connectivity index (χ3n) is 6.94. The largest absolute Gasteiger partial charge is 0.497 e. The Bertz CT molecular complexity index is 635. The molecule has 0 amide bonds. The normalized spacial score (nSPS) is 32.2. The SMILES string of the molecule is C=CC[C@H](O)[C@@]1(C)CC[C@@H]2c3ccc(OC)cc3CC[C@H]2[C@@H]1CC=C. The van der Waals surface area contributed by atoms with Crippen molar-refractivity contribution < 1.29 is 9.84 Å². The Morgan fingerprint density at radius 3 is 2.80 bits per heavy atom. The average Bonchev–Trinajstić information content (AvgIpc) is 2.63. The zero-order valence-electron chi connectivity index (χ0n) is 15.7. The molecule has 1 aromatic carbocycles. The summed E-state index contributed by atoms with van der Waals surface area (Å²) in [5.41, 5.74) is 2.91.